The molecule has 292 valence electrons. The van der Waals surface area contributed by atoms with E-state index in [2.05, 4.69) is 61.6 Å². The molecule has 0 aliphatic carbocycles. The maximum Gasteiger partial charge on any atom is 0.416 e. The first-order chi connectivity index (χ1) is 25.1. The zero-order valence-corrected chi connectivity index (χ0v) is 31.0. The van der Waals surface area contributed by atoms with Crippen LogP contribution in [0.1, 0.15) is 53.4 Å². The van der Waals surface area contributed by atoms with Gasteiger partial charge in [-0.25, -0.2) is 19.4 Å². The second kappa shape index (κ2) is 23.6. The zero-order chi connectivity index (χ0) is 40.1. The molecule has 0 bridgehead atoms. The molecule has 3 heterocycles. The number of halogens is 5. The van der Waals surface area contributed by atoms with Crippen molar-refractivity contribution in [3.8, 4) is 5.75 Å². The second-order valence-electron chi connectivity index (χ2n) is 11.1. The minimum atomic E-state index is -4.55. The molecule has 0 spiro atoms. The lowest BCUT2D eigenvalue weighted by molar-refractivity contribution is -0.137. The number of hydrogen-bond acceptors (Lipinski definition) is 12. The number of likely N-dealkylation sites (N-methyl/N-ethyl adjacent to an activating group) is 1. The van der Waals surface area contributed by atoms with Crippen LogP contribution in [0.5, 0.6) is 5.75 Å². The van der Waals surface area contributed by atoms with Crippen LogP contribution < -0.4 is 11.1 Å². The average molecular weight is 772 g/mol. The number of allylic oxidation sites excluding steroid dienone is 2. The van der Waals surface area contributed by atoms with Crippen LogP contribution in [0.15, 0.2) is 57.7 Å². The molecule has 2 aliphatic heterocycles. The van der Waals surface area contributed by atoms with Crippen LogP contribution in [-0.2, 0) is 20.5 Å². The van der Waals surface area contributed by atoms with Gasteiger partial charge in [-0.15, -0.1) is 0 Å². The predicted octanol–water partition coefficient (Wildman–Crippen LogP) is 4.30. The summed E-state index contributed by atoms with van der Waals surface area (Å²) in [5.74, 6) is 0.0917. The summed E-state index contributed by atoms with van der Waals surface area (Å²) >= 11 is 5.81. The van der Waals surface area contributed by atoms with Gasteiger partial charge >= 0.3 is 6.18 Å². The fraction of sp³-hybridized carbons (Fsp3) is 0.441. The standard InChI is InChI=1S/C16H16ClF4N3O.C11H21N3O.C6H6N2O2.CH3NO/c1-22-15(10-5-7-25-8-6-10)23-24(2)14(18)12-4-3-11(9-13(12)17)16(19,20)21;1-4-10(12-2)11(9-15)14-7-5-13(3)6-8-14;1-4-6(10)5(2-9)8-3-7-4;2-1-3/h3-5,9,14H,1,6-8H2,2H3;9,12H,4-8H2,1-3H3;2-3,10H,1H3;1H,(H2,2,3)/b23-15-;11-10+;;. The molecular weight excluding hydrogens is 726 g/mol. The number of aryl methyl sites for hydroxylation is 1. The molecule has 0 saturated carbocycles. The molecule has 2 aliphatic rings. The third-order valence-corrected chi connectivity index (χ3v) is 7.96. The van der Waals surface area contributed by atoms with Gasteiger partial charge < -0.3 is 30.7 Å². The number of aldehydes is 2. The summed E-state index contributed by atoms with van der Waals surface area (Å²) in [6, 6.07) is 2.46. The van der Waals surface area contributed by atoms with Crippen molar-refractivity contribution in [1.29, 1.82) is 0 Å². The number of benzene rings is 1. The Morgan fingerprint density at radius 1 is 1.23 bits per heavy atom. The number of hydrazone groups is 1. The highest BCUT2D eigenvalue weighted by Crippen LogP contribution is 2.35. The highest BCUT2D eigenvalue weighted by atomic mass is 35.5. The van der Waals surface area contributed by atoms with Crippen molar-refractivity contribution in [3.05, 3.63) is 75.1 Å². The summed E-state index contributed by atoms with van der Waals surface area (Å²) in [6.07, 6.45) is -0.243. The number of aromatic nitrogens is 2. The van der Waals surface area contributed by atoms with E-state index < -0.39 is 18.0 Å². The quantitative estimate of drug-likeness (QED) is 0.0630. The topological polar surface area (TPSA) is 179 Å². The van der Waals surface area contributed by atoms with E-state index in [1.54, 1.807) is 13.0 Å². The van der Waals surface area contributed by atoms with E-state index in [1.165, 1.54) is 13.4 Å². The van der Waals surface area contributed by atoms with Gasteiger partial charge in [0.25, 0.3) is 0 Å². The Balaban J connectivity index is 0.000000423. The predicted molar refractivity (Wildman–Crippen MR) is 194 cm³/mol. The first-order valence-corrected chi connectivity index (χ1v) is 16.5. The molecule has 1 aromatic carbocycles. The Hall–Kier alpha value is -4.94. The SMILES string of the molecule is C=N/C(=N\N(C)C(F)c1ccc(C(F)(F)F)cc1Cl)C1=CCOCC1.CC/C(NC)=C(/C=O)N1CCN(C)CC1.Cc1ncnc(C=O)c1O.NC=O. The van der Waals surface area contributed by atoms with Crippen LogP contribution in [-0.4, -0.2) is 122 Å². The highest BCUT2D eigenvalue weighted by molar-refractivity contribution is 6.31. The average Bonchev–Trinajstić information content (AvgIpc) is 3.15. The lowest BCUT2D eigenvalue weighted by atomic mass is 10.1. The first kappa shape index (κ1) is 46.1. The molecule has 1 fully saturated rings. The summed E-state index contributed by atoms with van der Waals surface area (Å²) < 4.78 is 57.8. The van der Waals surface area contributed by atoms with Gasteiger partial charge in [0.1, 0.15) is 12.0 Å². The van der Waals surface area contributed by atoms with Crippen LogP contribution in [0.4, 0.5) is 17.6 Å². The van der Waals surface area contributed by atoms with Crippen molar-refractivity contribution >= 4 is 43.1 Å². The van der Waals surface area contributed by atoms with Crippen LogP contribution in [0.3, 0.4) is 0 Å². The Kier molecular flexibility index (Phi) is 20.5. The highest BCUT2D eigenvalue weighted by Gasteiger charge is 2.32. The van der Waals surface area contributed by atoms with Gasteiger partial charge in [0, 0.05) is 56.6 Å². The second-order valence-corrected chi connectivity index (χ2v) is 11.5. The molecule has 1 unspecified atom stereocenters. The summed E-state index contributed by atoms with van der Waals surface area (Å²) in [5, 5.41) is 16.8. The van der Waals surface area contributed by atoms with Gasteiger partial charge in [-0.2, -0.15) is 18.3 Å². The molecule has 53 heavy (non-hydrogen) atoms. The van der Waals surface area contributed by atoms with Crippen LogP contribution in [0.2, 0.25) is 5.02 Å². The smallest absolute Gasteiger partial charge is 0.416 e. The van der Waals surface area contributed by atoms with Crippen molar-refractivity contribution in [2.75, 3.05) is 60.5 Å². The van der Waals surface area contributed by atoms with Crippen molar-refractivity contribution < 1.29 is 41.8 Å². The van der Waals surface area contributed by atoms with E-state index in [9.17, 15) is 27.2 Å². The molecule has 2 aromatic rings. The van der Waals surface area contributed by atoms with Gasteiger partial charge in [0.15, 0.2) is 24.2 Å². The van der Waals surface area contributed by atoms with Crippen molar-refractivity contribution in [2.45, 2.75) is 39.2 Å². The lowest BCUT2D eigenvalue weighted by Gasteiger charge is -2.34. The number of hydrogen-bond donors (Lipinski definition) is 3. The molecule has 19 heteroatoms. The number of aliphatic imine (C=N–C) groups is 1. The summed E-state index contributed by atoms with van der Waals surface area (Å²) in [7, 11) is 5.32. The fourth-order valence-corrected chi connectivity index (χ4v) is 4.94. The maximum absolute atomic E-state index is 14.6. The van der Waals surface area contributed by atoms with E-state index in [4.69, 9.17) is 26.2 Å². The summed E-state index contributed by atoms with van der Waals surface area (Å²) in [5.41, 5.74) is 6.18. The molecule has 1 atom stereocenters. The van der Waals surface area contributed by atoms with E-state index in [0.29, 0.717) is 37.7 Å². The number of aromatic hydroxyl groups is 1. The van der Waals surface area contributed by atoms with Gasteiger partial charge in [-0.3, -0.25) is 19.4 Å². The van der Waals surface area contributed by atoms with Gasteiger partial charge in [-0.1, -0.05) is 30.7 Å². The molecule has 4 N–H and O–H groups in total. The molecule has 1 saturated heterocycles. The number of primary amides is 1. The number of amides is 1. The number of nitrogens with one attached hydrogen (secondary N) is 1. The Morgan fingerprint density at radius 3 is 2.32 bits per heavy atom. The molecule has 0 radical (unpaired) electrons. The Labute approximate surface area is 311 Å². The van der Waals surface area contributed by atoms with Gasteiger partial charge in [-0.05, 0) is 51.2 Å². The van der Waals surface area contributed by atoms with Crippen LogP contribution in [0.25, 0.3) is 0 Å². The van der Waals surface area contributed by atoms with Crippen molar-refractivity contribution in [3.63, 3.8) is 0 Å². The number of carbonyl (C=O) groups is 3. The zero-order valence-electron chi connectivity index (χ0n) is 30.2. The number of alkyl halides is 4. The van der Waals surface area contributed by atoms with E-state index in [-0.39, 0.29) is 34.3 Å². The number of carbonyl (C=O) groups excluding carboxylic acids is 3. The van der Waals surface area contributed by atoms with Crippen LogP contribution in [0, 0.1) is 6.92 Å². The minimum absolute atomic E-state index is 0.0347. The van der Waals surface area contributed by atoms with Gasteiger partial charge in [0.05, 0.1) is 30.2 Å². The number of nitrogens with two attached hydrogens (primary N) is 1. The third-order valence-electron chi connectivity index (χ3n) is 7.63. The normalized spacial score (nSPS) is 15.6. The minimum Gasteiger partial charge on any atom is -0.504 e. The number of amidine groups is 1. The molecule has 14 nitrogen and oxygen atoms in total. The largest absolute Gasteiger partial charge is 0.504 e. The van der Waals surface area contributed by atoms with Gasteiger partial charge in [0.2, 0.25) is 12.7 Å². The number of ether oxygens (including phenoxy) is 1. The van der Waals surface area contributed by atoms with E-state index in [0.717, 1.165) is 73.0 Å². The monoisotopic (exact) mass is 771 g/mol. The first-order valence-electron chi connectivity index (χ1n) is 16.1. The number of piperazine rings is 1. The maximum atomic E-state index is 14.6. The molecule has 1 aromatic heterocycles. The van der Waals surface area contributed by atoms with Crippen LogP contribution >= 0.6 is 11.6 Å². The summed E-state index contributed by atoms with van der Waals surface area (Å²) in [6.45, 7) is 11.9. The molecular formula is C34H46ClF4N9O5. The third kappa shape index (κ3) is 14.9. The Bertz CT molecular complexity index is 1590. The summed E-state index contributed by atoms with van der Waals surface area (Å²) in [4.78, 5) is 45.2. The molecule has 4 rings (SSSR count). The van der Waals surface area contributed by atoms with Crippen molar-refractivity contribution in [1.82, 2.24) is 30.1 Å². The van der Waals surface area contributed by atoms with E-state index in [1.807, 2.05) is 7.05 Å². The lowest BCUT2D eigenvalue weighted by Crippen LogP contribution is -2.44. The molecule has 1 amide bonds. The fourth-order valence-electron chi connectivity index (χ4n) is 4.67. The van der Waals surface area contributed by atoms with Crippen molar-refractivity contribution in [2.24, 2.45) is 15.8 Å². The number of rotatable bonds is 9. The number of nitrogens with zero attached hydrogens (tertiary/aromatic N) is 7. The van der Waals surface area contributed by atoms with E-state index >= 15 is 0 Å². The Morgan fingerprint density at radius 2 is 1.87 bits per heavy atom.